The van der Waals surface area contributed by atoms with Crippen LogP contribution in [-0.2, 0) is 9.53 Å². The molecule has 302 valence electrons. The lowest BCUT2D eigenvalue weighted by atomic mass is 9.44. The first-order valence-electron chi connectivity index (χ1n) is 21.9. The van der Waals surface area contributed by atoms with Gasteiger partial charge >= 0.3 is 5.97 Å². The molecule has 2 aromatic carbocycles. The number of esters is 1. The van der Waals surface area contributed by atoms with E-state index >= 15 is 0 Å². The fourth-order valence-corrected chi connectivity index (χ4v) is 12.0. The first-order valence-corrected chi connectivity index (χ1v) is 21.9. The van der Waals surface area contributed by atoms with E-state index in [9.17, 15) is 9.59 Å². The Kier molecular flexibility index (Phi) is 11.1. The van der Waals surface area contributed by atoms with Crippen molar-refractivity contribution in [2.75, 3.05) is 19.8 Å². The van der Waals surface area contributed by atoms with E-state index < -0.39 is 0 Å². The maximum absolute atomic E-state index is 13.7. The number of rotatable bonds is 10. The van der Waals surface area contributed by atoms with Gasteiger partial charge in [-0.2, -0.15) is 0 Å². The molecule has 0 amide bonds. The van der Waals surface area contributed by atoms with E-state index in [2.05, 4.69) is 40.7 Å². The van der Waals surface area contributed by atoms with Crippen molar-refractivity contribution in [3.63, 3.8) is 0 Å². The second-order valence-electron chi connectivity index (χ2n) is 19.2. The lowest BCUT2D eigenvalue weighted by molar-refractivity contribution is -0.154. The number of carbonyl (C=O) groups is 1. The largest absolute Gasteiger partial charge is 0.490 e. The summed E-state index contributed by atoms with van der Waals surface area (Å²) in [5.41, 5.74) is 3.69. The molecule has 2 heterocycles. The highest BCUT2D eigenvalue weighted by Gasteiger charge is 2.56. The van der Waals surface area contributed by atoms with Gasteiger partial charge in [0, 0.05) is 18.9 Å². The van der Waals surface area contributed by atoms with Crippen LogP contribution in [0.4, 0.5) is 0 Å². The minimum absolute atomic E-state index is 0.121. The van der Waals surface area contributed by atoms with E-state index in [0.717, 1.165) is 61.2 Å². The molecule has 1 aromatic heterocycles. The van der Waals surface area contributed by atoms with Gasteiger partial charge in [-0.05, 0) is 134 Å². The predicted octanol–water partition coefficient (Wildman–Crippen LogP) is 11.7. The Hall–Kier alpha value is -3.74. The minimum Gasteiger partial charge on any atom is -0.490 e. The summed E-state index contributed by atoms with van der Waals surface area (Å²) >= 11 is 0. The zero-order chi connectivity index (χ0) is 39.2. The van der Waals surface area contributed by atoms with Crippen molar-refractivity contribution in [3.05, 3.63) is 64.0 Å². The number of allylic oxidation sites excluding steroid dienone is 1. The van der Waals surface area contributed by atoms with E-state index in [1.165, 1.54) is 63.4 Å². The van der Waals surface area contributed by atoms with Crippen molar-refractivity contribution in [1.29, 1.82) is 0 Å². The SMILES string of the molecule is Cc1oc2cc(OCC(=O)O[C@H]3CC[C@@]4(C)C(=CC[C@H]5[C@H]6CC[C@@H]([C@@H](C)CCCC(C)C)C[C@@]6(C)CC[C@@H]54)C3)ccc2c(=O)c1-c1ccc2c(c1)OCCCO2. The van der Waals surface area contributed by atoms with E-state index in [1.807, 2.05) is 18.2 Å². The van der Waals surface area contributed by atoms with Crippen LogP contribution in [-0.4, -0.2) is 31.9 Å². The third kappa shape index (κ3) is 7.65. The molecule has 0 radical (unpaired) electrons. The summed E-state index contributed by atoms with van der Waals surface area (Å²) < 4.78 is 29.8. The van der Waals surface area contributed by atoms with Crippen molar-refractivity contribution in [1.82, 2.24) is 0 Å². The molecular weight excluding hydrogens is 701 g/mol. The molecule has 8 rings (SSSR count). The number of fused-ring (bicyclic) bond motifs is 7. The summed E-state index contributed by atoms with van der Waals surface area (Å²) in [5, 5.41) is 0.443. The summed E-state index contributed by atoms with van der Waals surface area (Å²) in [6.45, 7) is 15.2. The molecule has 0 bridgehead atoms. The summed E-state index contributed by atoms with van der Waals surface area (Å²) in [6, 6.07) is 10.6. The van der Waals surface area contributed by atoms with E-state index in [4.69, 9.17) is 23.4 Å². The van der Waals surface area contributed by atoms with Gasteiger partial charge in [0.25, 0.3) is 0 Å². The highest BCUT2D eigenvalue weighted by atomic mass is 16.6. The highest BCUT2D eigenvalue weighted by Crippen LogP contribution is 2.65. The molecule has 4 aliphatic carbocycles. The summed E-state index contributed by atoms with van der Waals surface area (Å²) in [5.74, 6) is 6.79. The van der Waals surface area contributed by atoms with Gasteiger partial charge in [0.05, 0.1) is 24.2 Å². The summed E-state index contributed by atoms with van der Waals surface area (Å²) in [7, 11) is 0. The second kappa shape index (κ2) is 15.9. The van der Waals surface area contributed by atoms with Crippen LogP contribution in [0.3, 0.4) is 0 Å². The fourth-order valence-electron chi connectivity index (χ4n) is 12.0. The Labute approximate surface area is 333 Å². The van der Waals surface area contributed by atoms with Crippen LogP contribution in [0, 0.1) is 53.3 Å². The first kappa shape index (κ1) is 39.1. The predicted molar refractivity (Wildman–Crippen MR) is 221 cm³/mol. The second-order valence-corrected chi connectivity index (χ2v) is 19.2. The van der Waals surface area contributed by atoms with Gasteiger partial charge in [0.15, 0.2) is 18.1 Å². The van der Waals surface area contributed by atoms with Crippen LogP contribution in [0.5, 0.6) is 17.2 Å². The summed E-state index contributed by atoms with van der Waals surface area (Å²) in [4.78, 5) is 26.8. The average Bonchev–Trinajstić information content (AvgIpc) is 3.41. The molecule has 7 heteroatoms. The van der Waals surface area contributed by atoms with Crippen molar-refractivity contribution in [3.8, 4) is 28.4 Å². The molecule has 0 unspecified atom stereocenters. The molecular formula is C49H64O7. The quantitative estimate of drug-likeness (QED) is 0.150. The Morgan fingerprint density at radius 1 is 0.929 bits per heavy atom. The van der Waals surface area contributed by atoms with Gasteiger partial charge in [-0.3, -0.25) is 4.79 Å². The minimum atomic E-state index is -0.362. The summed E-state index contributed by atoms with van der Waals surface area (Å²) in [6.07, 6.45) is 18.3. The molecule has 56 heavy (non-hydrogen) atoms. The van der Waals surface area contributed by atoms with Gasteiger partial charge < -0.3 is 23.4 Å². The molecule has 1 aliphatic heterocycles. The topological polar surface area (TPSA) is 84.2 Å². The average molecular weight is 765 g/mol. The first-order chi connectivity index (χ1) is 26.9. The third-order valence-corrected chi connectivity index (χ3v) is 15.1. The van der Waals surface area contributed by atoms with Crippen LogP contribution in [0.15, 0.2) is 57.3 Å². The smallest absolute Gasteiger partial charge is 0.344 e. The molecule has 3 fully saturated rings. The third-order valence-electron chi connectivity index (χ3n) is 15.1. The van der Waals surface area contributed by atoms with Gasteiger partial charge in [0.2, 0.25) is 5.43 Å². The normalized spacial score (nSPS) is 30.3. The fraction of sp³-hybridized carbons (Fsp3) is 0.633. The zero-order valence-corrected chi connectivity index (χ0v) is 34.8. The number of aryl methyl sites for hydroxylation is 1. The van der Waals surface area contributed by atoms with Crippen LogP contribution < -0.4 is 19.6 Å². The highest BCUT2D eigenvalue weighted by molar-refractivity contribution is 5.84. The molecule has 7 nitrogen and oxygen atoms in total. The standard InChI is InChI=1S/C49H64O7/c1-30(2)9-7-10-31(3)34-11-17-40-38-15-13-35-26-37(19-22-49(35,6)41(38)20-21-48(40,5)28-34)56-45(50)29-54-36-14-16-39-43(27-36)55-32(4)46(47(39)51)33-12-18-42-44(25-33)53-24-8-23-52-42/h12-14,16,18,25,27,30-31,34,37-38,40-41H,7-11,15,17,19-24,26,28-29H2,1-6H3/t31-,34+,37-,38-,40+,41-,48+,49-/m0/s1. The van der Waals surface area contributed by atoms with Crippen LogP contribution in [0.2, 0.25) is 0 Å². The number of hydrogen-bond acceptors (Lipinski definition) is 7. The maximum Gasteiger partial charge on any atom is 0.344 e. The number of carbonyl (C=O) groups excluding carboxylic acids is 1. The van der Waals surface area contributed by atoms with Gasteiger partial charge in [-0.1, -0.05) is 71.6 Å². The molecule has 8 atom stereocenters. The van der Waals surface area contributed by atoms with Crippen molar-refractivity contribution in [2.45, 2.75) is 131 Å². The maximum atomic E-state index is 13.7. The Bertz CT molecular complexity index is 2010. The molecule has 3 saturated carbocycles. The van der Waals surface area contributed by atoms with E-state index in [1.54, 1.807) is 25.1 Å². The molecule has 5 aliphatic rings. The lowest BCUT2D eigenvalue weighted by Gasteiger charge is -2.61. The van der Waals surface area contributed by atoms with Crippen molar-refractivity contribution >= 4 is 16.9 Å². The molecule has 0 spiro atoms. The monoisotopic (exact) mass is 764 g/mol. The Balaban J connectivity index is 0.867. The van der Waals surface area contributed by atoms with Gasteiger partial charge in [-0.15, -0.1) is 0 Å². The number of benzene rings is 2. The van der Waals surface area contributed by atoms with Crippen LogP contribution in [0.25, 0.3) is 22.1 Å². The molecule has 0 N–H and O–H groups in total. The zero-order valence-electron chi connectivity index (χ0n) is 34.8. The molecule has 0 saturated heterocycles. The Morgan fingerprint density at radius 3 is 2.57 bits per heavy atom. The van der Waals surface area contributed by atoms with Crippen molar-refractivity contribution < 1.29 is 28.2 Å². The van der Waals surface area contributed by atoms with Gasteiger partial charge in [0.1, 0.15) is 23.2 Å². The molecule has 3 aromatic rings. The van der Waals surface area contributed by atoms with Gasteiger partial charge in [-0.25, -0.2) is 4.79 Å². The van der Waals surface area contributed by atoms with Crippen molar-refractivity contribution in [2.24, 2.45) is 46.3 Å². The Morgan fingerprint density at radius 2 is 1.75 bits per heavy atom. The van der Waals surface area contributed by atoms with E-state index in [-0.39, 0.29) is 29.5 Å². The van der Waals surface area contributed by atoms with E-state index in [0.29, 0.717) is 63.7 Å². The number of hydrogen-bond donors (Lipinski definition) is 0. The van der Waals surface area contributed by atoms with Crippen LogP contribution >= 0.6 is 0 Å². The lowest BCUT2D eigenvalue weighted by Crippen LogP contribution is -2.52. The van der Waals surface area contributed by atoms with Crippen LogP contribution in [0.1, 0.15) is 124 Å². The number of ether oxygens (including phenoxy) is 4.